The van der Waals surface area contributed by atoms with E-state index < -0.39 is 0 Å². The summed E-state index contributed by atoms with van der Waals surface area (Å²) < 4.78 is 0. The summed E-state index contributed by atoms with van der Waals surface area (Å²) in [6, 6.07) is 30.0. The van der Waals surface area contributed by atoms with Crippen molar-refractivity contribution in [2.24, 2.45) is 0 Å². The molecule has 56 heavy (non-hydrogen) atoms. The molecule has 0 unspecified atom stereocenters. The Kier molecular flexibility index (Phi) is 10.7. The normalized spacial score (nSPS) is 16.3. The Bertz CT molecular complexity index is 2480. The van der Waals surface area contributed by atoms with Crippen molar-refractivity contribution >= 4 is 34.5 Å². The van der Waals surface area contributed by atoms with Crippen LogP contribution in [0.3, 0.4) is 0 Å². The van der Waals surface area contributed by atoms with Crippen LogP contribution in [0.25, 0.3) is 22.3 Å². The van der Waals surface area contributed by atoms with Crippen LogP contribution in [-0.2, 0) is 41.9 Å². The summed E-state index contributed by atoms with van der Waals surface area (Å²) in [6.45, 7) is 16.9. The lowest BCUT2D eigenvalue weighted by molar-refractivity contribution is -0.128. The molecule has 2 aromatic carbocycles. The van der Waals surface area contributed by atoms with Crippen LogP contribution in [0.15, 0.2) is 122 Å². The highest BCUT2D eigenvalue weighted by atomic mass is 32.1. The van der Waals surface area contributed by atoms with Crippen LogP contribution in [0, 0.1) is 6.92 Å². The third-order valence-corrected chi connectivity index (χ3v) is 13.4. The zero-order valence-electron chi connectivity index (χ0n) is 32.3. The molecule has 0 bridgehead atoms. The summed E-state index contributed by atoms with van der Waals surface area (Å²) in [5.74, 6) is -0.116. The number of pyridine rings is 2. The SMILES string of the molecule is C=CC(=O)N1Cc2sc(CC(=C)C(=O)N3Cc4sc(C)cc4[C@@H](c4ccccc4-c4cccnc4CC)C3)cc2[C@H](c2ccccc2-c2cccnc2CC)C1. The van der Waals surface area contributed by atoms with Crippen molar-refractivity contribution in [3.8, 4) is 22.3 Å². The summed E-state index contributed by atoms with van der Waals surface area (Å²) in [4.78, 5) is 45.6. The molecule has 0 aliphatic carbocycles. The van der Waals surface area contributed by atoms with Gasteiger partial charge < -0.3 is 9.80 Å². The highest BCUT2D eigenvalue weighted by Gasteiger charge is 2.35. The van der Waals surface area contributed by atoms with Crippen LogP contribution in [0.4, 0.5) is 0 Å². The topological polar surface area (TPSA) is 66.4 Å². The van der Waals surface area contributed by atoms with Gasteiger partial charge in [0.2, 0.25) is 11.8 Å². The lowest BCUT2D eigenvalue weighted by atomic mass is 9.83. The molecular weight excluding hydrogens is 729 g/mol. The number of benzene rings is 2. The van der Waals surface area contributed by atoms with Gasteiger partial charge in [-0.05, 0) is 83.5 Å². The molecule has 6 heterocycles. The molecule has 2 amide bonds. The maximum absolute atomic E-state index is 14.5. The predicted molar refractivity (Wildman–Crippen MR) is 229 cm³/mol. The third-order valence-electron chi connectivity index (χ3n) is 11.2. The van der Waals surface area contributed by atoms with Crippen molar-refractivity contribution in [3.63, 3.8) is 0 Å². The third kappa shape index (κ3) is 7.08. The monoisotopic (exact) mass is 774 g/mol. The predicted octanol–water partition coefficient (Wildman–Crippen LogP) is 10.3. The number of nitrogens with zero attached hydrogens (tertiary/aromatic N) is 4. The Morgan fingerprint density at radius 3 is 1.82 bits per heavy atom. The zero-order chi connectivity index (χ0) is 38.9. The van der Waals surface area contributed by atoms with Gasteiger partial charge in [-0.2, -0.15) is 0 Å². The van der Waals surface area contributed by atoms with Gasteiger partial charge in [-0.25, -0.2) is 0 Å². The molecule has 4 aromatic heterocycles. The quantitative estimate of drug-likeness (QED) is 0.130. The minimum Gasteiger partial charge on any atom is -0.333 e. The smallest absolute Gasteiger partial charge is 0.249 e. The number of thiophene rings is 2. The van der Waals surface area contributed by atoms with E-state index in [4.69, 9.17) is 4.98 Å². The van der Waals surface area contributed by atoms with Crippen molar-refractivity contribution in [2.75, 3.05) is 13.1 Å². The van der Waals surface area contributed by atoms with Crippen LogP contribution < -0.4 is 0 Å². The fourth-order valence-electron chi connectivity index (χ4n) is 8.64. The van der Waals surface area contributed by atoms with Crippen LogP contribution in [-0.4, -0.2) is 44.7 Å². The average molecular weight is 775 g/mol. The Labute approximate surface area is 337 Å². The zero-order valence-corrected chi connectivity index (χ0v) is 33.9. The number of carbonyl (C=O) groups excluding carboxylic acids is 2. The number of hydrogen-bond donors (Lipinski definition) is 0. The van der Waals surface area contributed by atoms with Crippen molar-refractivity contribution in [1.82, 2.24) is 19.8 Å². The Morgan fingerprint density at radius 2 is 1.23 bits per heavy atom. The van der Waals surface area contributed by atoms with E-state index in [-0.39, 0.29) is 23.7 Å². The van der Waals surface area contributed by atoms with Gasteiger partial charge in [-0.1, -0.05) is 87.7 Å². The van der Waals surface area contributed by atoms with Gasteiger partial charge in [-0.15, -0.1) is 22.7 Å². The van der Waals surface area contributed by atoms with Gasteiger partial charge in [0, 0.05) is 91.3 Å². The molecule has 0 N–H and O–H groups in total. The summed E-state index contributed by atoms with van der Waals surface area (Å²) in [5.41, 5.74) is 12.2. The molecule has 6 nitrogen and oxygen atoms in total. The minimum absolute atomic E-state index is 0.0137. The second-order valence-electron chi connectivity index (χ2n) is 14.7. The van der Waals surface area contributed by atoms with E-state index in [1.54, 1.807) is 22.7 Å². The number of rotatable bonds is 10. The lowest BCUT2D eigenvalue weighted by Gasteiger charge is -2.34. The number of amides is 2. The van der Waals surface area contributed by atoms with Crippen LogP contribution in [0.2, 0.25) is 0 Å². The highest BCUT2D eigenvalue weighted by Crippen LogP contribution is 2.44. The van der Waals surface area contributed by atoms with E-state index >= 15 is 0 Å². The van der Waals surface area contributed by atoms with Gasteiger partial charge in [-0.3, -0.25) is 19.6 Å². The minimum atomic E-state index is -0.0813. The van der Waals surface area contributed by atoms with Crippen molar-refractivity contribution in [2.45, 2.75) is 65.0 Å². The molecule has 0 saturated carbocycles. The van der Waals surface area contributed by atoms with Gasteiger partial charge >= 0.3 is 0 Å². The fraction of sp³-hybridized carbons (Fsp3) is 0.250. The van der Waals surface area contributed by atoms with E-state index in [1.165, 1.54) is 38.1 Å². The van der Waals surface area contributed by atoms with E-state index in [0.717, 1.165) is 56.2 Å². The first-order valence-electron chi connectivity index (χ1n) is 19.4. The number of aromatic nitrogens is 2. The first kappa shape index (κ1) is 37.5. The molecule has 2 aliphatic rings. The van der Waals surface area contributed by atoms with Crippen molar-refractivity contribution in [1.29, 1.82) is 0 Å². The lowest BCUT2D eigenvalue weighted by Crippen LogP contribution is -2.39. The molecule has 0 fully saturated rings. The van der Waals surface area contributed by atoms with E-state index in [1.807, 2.05) is 34.3 Å². The summed E-state index contributed by atoms with van der Waals surface area (Å²) in [5, 5.41) is 0. The maximum atomic E-state index is 14.5. The first-order chi connectivity index (χ1) is 27.3. The second-order valence-corrected chi connectivity index (χ2v) is 17.3. The molecule has 0 spiro atoms. The highest BCUT2D eigenvalue weighted by molar-refractivity contribution is 7.12. The standard InChI is InChI=1S/C48H46N4O2S2/c1-6-43-37(19-13-21-49-43)33-15-9-11-17-35(33)41-26-51(47(53)8-3)28-46-40(41)25-32(56-46)23-30(4)48(54)52-27-42(39-24-31(5)55-45(39)29-52)36-18-12-10-16-34(36)38-20-14-22-50-44(38)7-2/h8-22,24-25,41-42H,3-4,6-7,23,26-29H2,1-2,5H3/t41-,42+/m0/s1. The van der Waals surface area contributed by atoms with E-state index in [2.05, 4.69) is 112 Å². The van der Waals surface area contributed by atoms with Crippen LogP contribution >= 0.6 is 22.7 Å². The first-order valence-corrected chi connectivity index (χ1v) is 21.1. The summed E-state index contributed by atoms with van der Waals surface area (Å²) >= 11 is 3.46. The molecule has 0 radical (unpaired) electrons. The van der Waals surface area contributed by atoms with Gasteiger partial charge in [0.15, 0.2) is 0 Å². The molecule has 0 saturated heterocycles. The maximum Gasteiger partial charge on any atom is 0.249 e. The summed E-state index contributed by atoms with van der Waals surface area (Å²) in [6.07, 6.45) is 7.23. The Morgan fingerprint density at radius 1 is 0.714 bits per heavy atom. The van der Waals surface area contributed by atoms with Gasteiger partial charge in [0.05, 0.1) is 13.1 Å². The molecule has 8 rings (SSSR count). The number of hydrogen-bond acceptors (Lipinski definition) is 6. The molecule has 8 heteroatoms. The molecule has 2 aliphatic heterocycles. The van der Waals surface area contributed by atoms with Gasteiger partial charge in [0.1, 0.15) is 0 Å². The Balaban J connectivity index is 1.10. The summed E-state index contributed by atoms with van der Waals surface area (Å²) in [7, 11) is 0. The van der Waals surface area contributed by atoms with Crippen LogP contribution in [0.5, 0.6) is 0 Å². The van der Waals surface area contributed by atoms with E-state index in [0.29, 0.717) is 38.2 Å². The van der Waals surface area contributed by atoms with Crippen LogP contribution in [0.1, 0.15) is 78.8 Å². The Hall–Kier alpha value is -5.44. The number of carbonyl (C=O) groups is 2. The van der Waals surface area contributed by atoms with Crippen molar-refractivity contribution in [3.05, 3.63) is 175 Å². The molecule has 282 valence electrons. The molecule has 6 aromatic rings. The van der Waals surface area contributed by atoms with E-state index in [9.17, 15) is 9.59 Å². The average Bonchev–Trinajstić information content (AvgIpc) is 3.84. The fourth-order valence-corrected chi connectivity index (χ4v) is 11.0. The molecule has 2 atom stereocenters. The largest absolute Gasteiger partial charge is 0.333 e. The van der Waals surface area contributed by atoms with Crippen molar-refractivity contribution < 1.29 is 9.59 Å². The number of fused-ring (bicyclic) bond motifs is 2. The number of aryl methyl sites for hydroxylation is 3. The second kappa shape index (κ2) is 16.0. The van der Waals surface area contributed by atoms with Gasteiger partial charge in [0.25, 0.3) is 0 Å². The molecular formula is C48H46N4O2S2.